The van der Waals surface area contributed by atoms with Gasteiger partial charge in [0.25, 0.3) is 5.56 Å². The van der Waals surface area contributed by atoms with Gasteiger partial charge in [-0.3, -0.25) is 4.79 Å². The molecule has 0 spiro atoms. The summed E-state index contributed by atoms with van der Waals surface area (Å²) in [6.07, 6.45) is 4.36. The third-order valence-corrected chi connectivity index (χ3v) is 2.86. The molecule has 0 aliphatic carbocycles. The van der Waals surface area contributed by atoms with E-state index in [1.54, 1.807) is 17.0 Å². The maximum atomic E-state index is 12.1. The van der Waals surface area contributed by atoms with E-state index in [9.17, 15) is 4.79 Å². The van der Waals surface area contributed by atoms with Crippen LogP contribution >= 0.6 is 0 Å². The molecular formula is C14H26N4O. The van der Waals surface area contributed by atoms with Gasteiger partial charge in [0.2, 0.25) is 0 Å². The van der Waals surface area contributed by atoms with E-state index in [-0.39, 0.29) is 11.0 Å². The number of rotatable bonds is 7. The highest BCUT2D eigenvalue weighted by molar-refractivity contribution is 5.31. The normalized spacial score (nSPS) is 11.9. The molecule has 0 aliphatic rings. The van der Waals surface area contributed by atoms with Crippen LogP contribution in [0, 0.1) is 5.41 Å². The second kappa shape index (κ2) is 6.70. The molecule has 0 aliphatic heterocycles. The first-order valence-electron chi connectivity index (χ1n) is 6.80. The molecule has 19 heavy (non-hydrogen) atoms. The third-order valence-electron chi connectivity index (χ3n) is 2.86. The maximum Gasteiger partial charge on any atom is 0.293 e. The van der Waals surface area contributed by atoms with Crippen molar-refractivity contribution in [3.8, 4) is 0 Å². The van der Waals surface area contributed by atoms with Gasteiger partial charge in [-0.2, -0.15) is 0 Å². The van der Waals surface area contributed by atoms with Crippen LogP contribution in [0.4, 0.5) is 5.82 Å². The lowest BCUT2D eigenvalue weighted by Gasteiger charge is -2.28. The van der Waals surface area contributed by atoms with Gasteiger partial charge in [0, 0.05) is 32.0 Å². The first-order chi connectivity index (χ1) is 8.85. The quantitative estimate of drug-likeness (QED) is 0.815. The predicted molar refractivity (Wildman–Crippen MR) is 79.6 cm³/mol. The molecular weight excluding hydrogens is 240 g/mol. The fourth-order valence-corrected chi connectivity index (χ4v) is 2.22. The summed E-state index contributed by atoms with van der Waals surface area (Å²) >= 11 is 0. The smallest absolute Gasteiger partial charge is 0.293 e. The standard InChI is InChI=1S/C14H26N4O/c1-6-8-18-9-7-15-12(13(18)19)16-10-14(2,3)11-17(4)5/h7,9H,6,8,10-11H2,1-5H3,(H,15,16). The summed E-state index contributed by atoms with van der Waals surface area (Å²) in [7, 11) is 4.10. The molecule has 5 heteroatoms. The van der Waals surface area contributed by atoms with E-state index < -0.39 is 0 Å². The number of aromatic nitrogens is 2. The highest BCUT2D eigenvalue weighted by Gasteiger charge is 2.19. The molecule has 1 aromatic heterocycles. The van der Waals surface area contributed by atoms with Crippen LogP contribution in [0.5, 0.6) is 0 Å². The van der Waals surface area contributed by atoms with E-state index >= 15 is 0 Å². The van der Waals surface area contributed by atoms with Crippen LogP contribution in [0.1, 0.15) is 27.2 Å². The molecule has 0 radical (unpaired) electrons. The van der Waals surface area contributed by atoms with Crippen LogP contribution < -0.4 is 10.9 Å². The highest BCUT2D eigenvalue weighted by atomic mass is 16.1. The lowest BCUT2D eigenvalue weighted by atomic mass is 9.93. The van der Waals surface area contributed by atoms with Gasteiger partial charge in [-0.15, -0.1) is 0 Å². The molecule has 0 atom stereocenters. The topological polar surface area (TPSA) is 50.2 Å². The molecule has 0 amide bonds. The molecule has 1 N–H and O–H groups in total. The van der Waals surface area contributed by atoms with Gasteiger partial charge in [-0.05, 0) is 25.9 Å². The van der Waals surface area contributed by atoms with Crippen LogP contribution in [0.2, 0.25) is 0 Å². The molecule has 0 fully saturated rings. The Morgan fingerprint density at radius 2 is 2.11 bits per heavy atom. The van der Waals surface area contributed by atoms with Crippen molar-refractivity contribution in [2.45, 2.75) is 33.7 Å². The van der Waals surface area contributed by atoms with Crippen LogP contribution in [-0.2, 0) is 6.54 Å². The lowest BCUT2D eigenvalue weighted by Crippen LogP contribution is -2.36. The first kappa shape index (κ1) is 15.7. The summed E-state index contributed by atoms with van der Waals surface area (Å²) in [5, 5.41) is 3.19. The fraction of sp³-hybridized carbons (Fsp3) is 0.714. The molecule has 0 aromatic carbocycles. The zero-order chi connectivity index (χ0) is 14.5. The monoisotopic (exact) mass is 266 g/mol. The largest absolute Gasteiger partial charge is 0.365 e. The van der Waals surface area contributed by atoms with Crippen LogP contribution in [0.25, 0.3) is 0 Å². The fourth-order valence-electron chi connectivity index (χ4n) is 2.22. The molecule has 5 nitrogen and oxygen atoms in total. The number of hydrogen-bond donors (Lipinski definition) is 1. The van der Waals surface area contributed by atoms with E-state index in [0.717, 1.165) is 26.1 Å². The molecule has 108 valence electrons. The van der Waals surface area contributed by atoms with Gasteiger partial charge < -0.3 is 14.8 Å². The summed E-state index contributed by atoms with van der Waals surface area (Å²) in [5.74, 6) is 0.447. The third kappa shape index (κ3) is 5.03. The van der Waals surface area contributed by atoms with Gasteiger partial charge in [-0.1, -0.05) is 20.8 Å². The Balaban J connectivity index is 2.73. The van der Waals surface area contributed by atoms with Gasteiger partial charge in [0.15, 0.2) is 5.82 Å². The van der Waals surface area contributed by atoms with Crippen molar-refractivity contribution in [1.29, 1.82) is 0 Å². The highest BCUT2D eigenvalue weighted by Crippen LogP contribution is 2.15. The van der Waals surface area contributed by atoms with E-state index in [1.165, 1.54) is 0 Å². The summed E-state index contributed by atoms with van der Waals surface area (Å²) in [6.45, 7) is 8.82. The van der Waals surface area contributed by atoms with Gasteiger partial charge in [-0.25, -0.2) is 4.98 Å². The van der Waals surface area contributed by atoms with Crippen molar-refractivity contribution in [3.05, 3.63) is 22.7 Å². The molecule has 0 saturated carbocycles. The number of nitrogens with zero attached hydrogens (tertiary/aromatic N) is 3. The van der Waals surface area contributed by atoms with Gasteiger partial charge in [0.05, 0.1) is 0 Å². The van der Waals surface area contributed by atoms with E-state index in [1.807, 2.05) is 0 Å². The zero-order valence-electron chi connectivity index (χ0n) is 12.7. The minimum Gasteiger partial charge on any atom is -0.365 e. The lowest BCUT2D eigenvalue weighted by molar-refractivity contribution is 0.254. The second-order valence-corrected chi connectivity index (χ2v) is 6.03. The molecule has 1 heterocycles. The summed E-state index contributed by atoms with van der Waals surface area (Å²) in [5.41, 5.74) is 0.0493. The Morgan fingerprint density at radius 3 is 2.68 bits per heavy atom. The average molecular weight is 266 g/mol. The van der Waals surface area contributed by atoms with Gasteiger partial charge in [0.1, 0.15) is 0 Å². The SMILES string of the molecule is CCCn1ccnc(NCC(C)(C)CN(C)C)c1=O. The minimum atomic E-state index is -0.0370. The molecule has 1 aromatic rings. The average Bonchev–Trinajstić information content (AvgIpc) is 2.29. The van der Waals surface area contributed by atoms with Crippen molar-refractivity contribution in [3.63, 3.8) is 0 Å². The van der Waals surface area contributed by atoms with Crippen molar-refractivity contribution >= 4 is 5.82 Å². The van der Waals surface area contributed by atoms with Crippen LogP contribution in [-0.4, -0.2) is 41.6 Å². The predicted octanol–water partition coefficient (Wildman–Crippen LogP) is 1.65. The summed E-state index contributed by atoms with van der Waals surface area (Å²) in [4.78, 5) is 18.4. The summed E-state index contributed by atoms with van der Waals surface area (Å²) < 4.78 is 1.70. The maximum absolute atomic E-state index is 12.1. The Labute approximate surface area is 115 Å². The number of nitrogens with one attached hydrogen (secondary N) is 1. The van der Waals surface area contributed by atoms with Crippen molar-refractivity contribution in [1.82, 2.24) is 14.5 Å². The first-order valence-corrected chi connectivity index (χ1v) is 6.80. The van der Waals surface area contributed by atoms with Crippen molar-refractivity contribution < 1.29 is 0 Å². The Hall–Kier alpha value is -1.36. The summed E-state index contributed by atoms with van der Waals surface area (Å²) in [6, 6.07) is 0. The Morgan fingerprint density at radius 1 is 1.42 bits per heavy atom. The van der Waals surface area contributed by atoms with E-state index in [4.69, 9.17) is 0 Å². The Kier molecular flexibility index (Phi) is 5.54. The Bertz CT molecular complexity index is 451. The number of aryl methyl sites for hydroxylation is 1. The van der Waals surface area contributed by atoms with Crippen LogP contribution in [0.3, 0.4) is 0 Å². The molecule has 0 unspecified atom stereocenters. The minimum absolute atomic E-state index is 0.0370. The van der Waals surface area contributed by atoms with Crippen LogP contribution in [0.15, 0.2) is 17.2 Å². The van der Waals surface area contributed by atoms with E-state index in [2.05, 4.69) is 50.1 Å². The number of anilines is 1. The van der Waals surface area contributed by atoms with Crippen molar-refractivity contribution in [2.75, 3.05) is 32.5 Å². The molecule has 1 rings (SSSR count). The number of hydrogen-bond acceptors (Lipinski definition) is 4. The zero-order valence-corrected chi connectivity index (χ0v) is 12.7. The molecule has 0 bridgehead atoms. The van der Waals surface area contributed by atoms with E-state index in [0.29, 0.717) is 5.82 Å². The molecule has 0 saturated heterocycles. The van der Waals surface area contributed by atoms with Crippen molar-refractivity contribution in [2.24, 2.45) is 5.41 Å². The second-order valence-electron chi connectivity index (χ2n) is 6.03. The van der Waals surface area contributed by atoms with Gasteiger partial charge >= 0.3 is 0 Å².